The minimum absolute atomic E-state index is 0.189. The average Bonchev–Trinajstić information content (AvgIpc) is 3.19. The summed E-state index contributed by atoms with van der Waals surface area (Å²) in [6.45, 7) is 2.35. The van der Waals surface area contributed by atoms with Gasteiger partial charge in [0.2, 0.25) is 0 Å². The molecule has 0 atom stereocenters. The van der Waals surface area contributed by atoms with Crippen LogP contribution in [0.5, 0.6) is 0 Å². The summed E-state index contributed by atoms with van der Waals surface area (Å²) in [6, 6.07) is 5.79. The lowest BCUT2D eigenvalue weighted by Crippen LogP contribution is -2.34. The maximum absolute atomic E-state index is 11.8. The van der Waals surface area contributed by atoms with E-state index in [0.717, 1.165) is 18.5 Å². The molecule has 0 aromatic heterocycles. The molecule has 1 aromatic rings. The zero-order chi connectivity index (χ0) is 14.7. The highest BCUT2D eigenvalue weighted by atomic mass is 35.5. The molecule has 0 saturated heterocycles. The number of benzene rings is 1. The number of ether oxygens (including phenoxy) is 1. The molecule has 108 valence electrons. The van der Waals surface area contributed by atoms with Gasteiger partial charge in [0.1, 0.15) is 11.5 Å². The Kier molecular flexibility index (Phi) is 4.83. The molecular formula is C14H17ClN2O2S. The van der Waals surface area contributed by atoms with Gasteiger partial charge in [-0.25, -0.2) is 0 Å². The summed E-state index contributed by atoms with van der Waals surface area (Å²) in [5.74, 6) is -0.256. The van der Waals surface area contributed by atoms with E-state index in [0.29, 0.717) is 23.2 Å². The Morgan fingerprint density at radius 1 is 1.55 bits per heavy atom. The number of carbonyl (C=O) groups excluding carboxylic acids is 1. The Hall–Kier alpha value is -1.33. The zero-order valence-corrected chi connectivity index (χ0v) is 12.8. The second-order valence-corrected chi connectivity index (χ2v) is 5.51. The van der Waals surface area contributed by atoms with Crippen LogP contribution in [0.25, 0.3) is 0 Å². The number of esters is 1. The van der Waals surface area contributed by atoms with E-state index in [2.05, 4.69) is 0 Å². The lowest BCUT2D eigenvalue weighted by molar-refractivity contribution is -0.141. The minimum Gasteiger partial charge on any atom is -0.465 e. The molecule has 0 radical (unpaired) electrons. The van der Waals surface area contributed by atoms with Gasteiger partial charge in [-0.05, 0) is 31.9 Å². The van der Waals surface area contributed by atoms with Crippen LogP contribution in [0.15, 0.2) is 18.2 Å². The Morgan fingerprint density at radius 3 is 2.80 bits per heavy atom. The lowest BCUT2D eigenvalue weighted by Gasteiger charge is -2.26. The van der Waals surface area contributed by atoms with Gasteiger partial charge < -0.3 is 15.4 Å². The SMILES string of the molecule is CCOC(=O)CN(c1cccc(Cl)c1C(N)=S)C1CC1. The molecule has 4 nitrogen and oxygen atoms in total. The standard InChI is InChI=1S/C14H17ClN2O2S/c1-2-19-12(18)8-17(9-6-7-9)11-5-3-4-10(15)13(11)14(16)20/h3-5,9H,2,6-8H2,1H3,(H2,16,20). The fourth-order valence-corrected chi connectivity index (χ4v) is 2.68. The quantitative estimate of drug-likeness (QED) is 0.646. The molecule has 1 aliphatic carbocycles. The summed E-state index contributed by atoms with van der Waals surface area (Å²) in [5.41, 5.74) is 7.20. The molecule has 0 unspecified atom stereocenters. The van der Waals surface area contributed by atoms with Crippen molar-refractivity contribution < 1.29 is 9.53 Å². The number of rotatable bonds is 6. The normalized spacial score (nSPS) is 13.9. The van der Waals surface area contributed by atoms with Crippen LogP contribution in [0, 0.1) is 0 Å². The molecule has 1 fully saturated rings. The molecule has 20 heavy (non-hydrogen) atoms. The lowest BCUT2D eigenvalue weighted by atomic mass is 10.1. The number of nitrogens with zero attached hydrogens (tertiary/aromatic N) is 1. The number of hydrogen-bond acceptors (Lipinski definition) is 4. The highest BCUT2D eigenvalue weighted by molar-refractivity contribution is 7.80. The van der Waals surface area contributed by atoms with E-state index in [1.54, 1.807) is 13.0 Å². The molecule has 2 rings (SSSR count). The van der Waals surface area contributed by atoms with E-state index >= 15 is 0 Å². The van der Waals surface area contributed by atoms with Crippen molar-refractivity contribution in [1.29, 1.82) is 0 Å². The zero-order valence-electron chi connectivity index (χ0n) is 11.3. The first-order valence-electron chi connectivity index (χ1n) is 6.55. The van der Waals surface area contributed by atoms with Crippen molar-refractivity contribution in [2.24, 2.45) is 5.73 Å². The van der Waals surface area contributed by atoms with Crippen LogP contribution in [-0.2, 0) is 9.53 Å². The summed E-state index contributed by atoms with van der Waals surface area (Å²) < 4.78 is 5.02. The van der Waals surface area contributed by atoms with Gasteiger partial charge in [0.15, 0.2) is 0 Å². The largest absolute Gasteiger partial charge is 0.465 e. The Morgan fingerprint density at radius 2 is 2.25 bits per heavy atom. The predicted molar refractivity (Wildman–Crippen MR) is 84.3 cm³/mol. The Balaban J connectivity index is 2.32. The predicted octanol–water partition coefficient (Wildman–Crippen LogP) is 2.51. The number of thiocarbonyl (C=S) groups is 1. The van der Waals surface area contributed by atoms with Crippen molar-refractivity contribution in [2.75, 3.05) is 18.1 Å². The molecule has 6 heteroatoms. The van der Waals surface area contributed by atoms with Crippen molar-refractivity contribution in [3.05, 3.63) is 28.8 Å². The smallest absolute Gasteiger partial charge is 0.325 e. The molecule has 0 aliphatic heterocycles. The number of carbonyl (C=O) groups is 1. The van der Waals surface area contributed by atoms with Crippen LogP contribution in [-0.4, -0.2) is 30.2 Å². The van der Waals surface area contributed by atoms with Crippen LogP contribution < -0.4 is 10.6 Å². The van der Waals surface area contributed by atoms with Crippen LogP contribution in [0.4, 0.5) is 5.69 Å². The number of anilines is 1. The van der Waals surface area contributed by atoms with Crippen molar-refractivity contribution in [3.8, 4) is 0 Å². The maximum Gasteiger partial charge on any atom is 0.325 e. The number of hydrogen-bond donors (Lipinski definition) is 1. The molecule has 0 spiro atoms. The molecular weight excluding hydrogens is 296 g/mol. The van der Waals surface area contributed by atoms with Crippen molar-refractivity contribution in [3.63, 3.8) is 0 Å². The summed E-state index contributed by atoms with van der Waals surface area (Å²) >= 11 is 11.3. The number of nitrogens with two attached hydrogens (primary N) is 1. The first kappa shape index (κ1) is 15.1. The summed E-state index contributed by atoms with van der Waals surface area (Å²) in [5, 5.41) is 0.504. The van der Waals surface area contributed by atoms with Gasteiger partial charge >= 0.3 is 5.97 Å². The third kappa shape index (κ3) is 3.41. The third-order valence-electron chi connectivity index (χ3n) is 3.14. The van der Waals surface area contributed by atoms with Crippen LogP contribution >= 0.6 is 23.8 Å². The van der Waals surface area contributed by atoms with Gasteiger partial charge in [-0.1, -0.05) is 29.9 Å². The summed E-state index contributed by atoms with van der Waals surface area (Å²) in [7, 11) is 0. The monoisotopic (exact) mass is 312 g/mol. The topological polar surface area (TPSA) is 55.6 Å². The van der Waals surface area contributed by atoms with Crippen molar-refractivity contribution >= 4 is 40.5 Å². The summed E-state index contributed by atoms with van der Waals surface area (Å²) in [4.78, 5) is 14.0. The van der Waals surface area contributed by atoms with E-state index in [1.165, 1.54) is 0 Å². The van der Waals surface area contributed by atoms with Gasteiger partial charge in [0.25, 0.3) is 0 Å². The minimum atomic E-state index is -0.256. The fraction of sp³-hybridized carbons (Fsp3) is 0.429. The maximum atomic E-state index is 11.8. The molecule has 1 aromatic carbocycles. The van der Waals surface area contributed by atoms with Gasteiger partial charge in [-0.2, -0.15) is 0 Å². The van der Waals surface area contributed by atoms with E-state index in [-0.39, 0.29) is 17.5 Å². The van der Waals surface area contributed by atoms with Gasteiger partial charge in [-0.3, -0.25) is 4.79 Å². The number of halogens is 1. The molecule has 1 aliphatic rings. The molecule has 0 amide bonds. The highest BCUT2D eigenvalue weighted by Gasteiger charge is 2.32. The van der Waals surface area contributed by atoms with Crippen molar-refractivity contribution in [1.82, 2.24) is 0 Å². The highest BCUT2D eigenvalue weighted by Crippen LogP contribution is 2.35. The fourth-order valence-electron chi connectivity index (χ4n) is 2.14. The van der Waals surface area contributed by atoms with Crippen LogP contribution in [0.3, 0.4) is 0 Å². The van der Waals surface area contributed by atoms with Crippen LogP contribution in [0.1, 0.15) is 25.3 Å². The van der Waals surface area contributed by atoms with Crippen molar-refractivity contribution in [2.45, 2.75) is 25.8 Å². The first-order valence-corrected chi connectivity index (χ1v) is 7.33. The van der Waals surface area contributed by atoms with E-state index in [9.17, 15) is 4.79 Å². The van der Waals surface area contributed by atoms with Gasteiger partial charge in [0.05, 0.1) is 17.2 Å². The Bertz CT molecular complexity index is 532. The second kappa shape index (κ2) is 6.41. The van der Waals surface area contributed by atoms with Gasteiger partial charge in [-0.15, -0.1) is 0 Å². The Labute approximate surface area is 128 Å². The molecule has 0 heterocycles. The van der Waals surface area contributed by atoms with E-state index < -0.39 is 0 Å². The van der Waals surface area contributed by atoms with E-state index in [1.807, 2.05) is 17.0 Å². The molecule has 1 saturated carbocycles. The van der Waals surface area contributed by atoms with Crippen LogP contribution in [0.2, 0.25) is 5.02 Å². The first-order chi connectivity index (χ1) is 9.54. The molecule has 0 bridgehead atoms. The summed E-state index contributed by atoms with van der Waals surface area (Å²) in [6.07, 6.45) is 2.09. The third-order valence-corrected chi connectivity index (χ3v) is 3.66. The average molecular weight is 313 g/mol. The molecule has 2 N–H and O–H groups in total. The second-order valence-electron chi connectivity index (χ2n) is 4.66. The van der Waals surface area contributed by atoms with Gasteiger partial charge in [0, 0.05) is 11.7 Å². The van der Waals surface area contributed by atoms with E-state index in [4.69, 9.17) is 34.3 Å².